The van der Waals surface area contributed by atoms with E-state index in [4.69, 9.17) is 4.74 Å². The molecule has 0 saturated heterocycles. The Morgan fingerprint density at radius 3 is 2.78 bits per heavy atom. The van der Waals surface area contributed by atoms with Crippen LogP contribution in [0.3, 0.4) is 0 Å². The number of ether oxygens (including phenoxy) is 1. The topological polar surface area (TPSA) is 41.5 Å². The second-order valence-corrected chi connectivity index (χ2v) is 5.73. The molecule has 1 aromatic rings. The Morgan fingerprint density at radius 2 is 2.17 bits per heavy atom. The molecule has 3 nitrogen and oxygen atoms in total. The van der Waals surface area contributed by atoms with E-state index >= 15 is 0 Å². The molecule has 0 atom stereocenters. The number of nitrogens with one attached hydrogen (secondary N) is 1. The van der Waals surface area contributed by atoms with Crippen molar-refractivity contribution in [3.63, 3.8) is 0 Å². The van der Waals surface area contributed by atoms with Crippen molar-refractivity contribution in [1.82, 2.24) is 5.32 Å². The van der Waals surface area contributed by atoms with Gasteiger partial charge in [0.2, 0.25) is 0 Å². The number of hydrogen-bond acceptors (Lipinski definition) is 3. The average Bonchev–Trinajstić information content (AvgIpc) is 3.25. The molecular weight excluding hydrogens is 226 g/mol. The second-order valence-electron chi connectivity index (χ2n) is 5.73. The number of phenols is 1. The van der Waals surface area contributed by atoms with E-state index in [0.717, 1.165) is 30.3 Å². The van der Waals surface area contributed by atoms with Crippen molar-refractivity contribution in [1.29, 1.82) is 0 Å². The second kappa shape index (κ2) is 4.47. The van der Waals surface area contributed by atoms with Gasteiger partial charge >= 0.3 is 0 Å². The van der Waals surface area contributed by atoms with E-state index in [1.54, 1.807) is 19.2 Å². The first kappa shape index (κ1) is 11.8. The van der Waals surface area contributed by atoms with Crippen LogP contribution in [0.15, 0.2) is 18.2 Å². The molecule has 1 aromatic carbocycles. The van der Waals surface area contributed by atoms with Crippen molar-refractivity contribution >= 4 is 0 Å². The lowest BCUT2D eigenvalue weighted by atomic mass is 10.0. The molecule has 0 aromatic heterocycles. The zero-order chi connectivity index (χ0) is 12.6. The molecule has 0 heterocycles. The average molecular weight is 247 g/mol. The van der Waals surface area contributed by atoms with Gasteiger partial charge < -0.3 is 15.2 Å². The van der Waals surface area contributed by atoms with Crippen molar-refractivity contribution in [3.8, 4) is 11.5 Å². The lowest BCUT2D eigenvalue weighted by Crippen LogP contribution is -2.25. The van der Waals surface area contributed by atoms with Gasteiger partial charge in [0.25, 0.3) is 0 Å². The Labute approximate surface area is 108 Å². The lowest BCUT2D eigenvalue weighted by molar-refractivity contribution is 0.395. The summed E-state index contributed by atoms with van der Waals surface area (Å²) in [7, 11) is 1.65. The molecule has 2 aliphatic rings. The Morgan fingerprint density at radius 1 is 1.39 bits per heavy atom. The molecule has 0 radical (unpaired) electrons. The molecule has 2 fully saturated rings. The third-order valence-electron chi connectivity index (χ3n) is 4.41. The van der Waals surface area contributed by atoms with E-state index in [2.05, 4.69) is 5.32 Å². The number of hydrogen-bond donors (Lipinski definition) is 2. The van der Waals surface area contributed by atoms with Crippen molar-refractivity contribution in [2.24, 2.45) is 11.3 Å². The van der Waals surface area contributed by atoms with Crippen molar-refractivity contribution < 1.29 is 9.84 Å². The van der Waals surface area contributed by atoms with Crippen LogP contribution in [0.4, 0.5) is 0 Å². The highest BCUT2D eigenvalue weighted by molar-refractivity contribution is 5.39. The maximum Gasteiger partial charge on any atom is 0.120 e. The summed E-state index contributed by atoms with van der Waals surface area (Å²) < 4.78 is 5.18. The third kappa shape index (κ3) is 2.32. The number of benzene rings is 1. The van der Waals surface area contributed by atoms with Gasteiger partial charge in [-0.1, -0.05) is 0 Å². The predicted octanol–water partition coefficient (Wildman–Crippen LogP) is 2.68. The van der Waals surface area contributed by atoms with E-state index in [1.807, 2.05) is 6.07 Å². The molecule has 0 bridgehead atoms. The Balaban J connectivity index is 1.56. The van der Waals surface area contributed by atoms with E-state index < -0.39 is 0 Å². The summed E-state index contributed by atoms with van der Waals surface area (Å²) in [6, 6.07) is 5.38. The highest BCUT2D eigenvalue weighted by atomic mass is 16.5. The highest BCUT2D eigenvalue weighted by Crippen LogP contribution is 2.60. The molecular formula is C15H21NO2. The van der Waals surface area contributed by atoms with Crippen molar-refractivity contribution in [2.45, 2.75) is 32.2 Å². The Hall–Kier alpha value is -1.22. The van der Waals surface area contributed by atoms with Gasteiger partial charge in [0.15, 0.2) is 0 Å². The first-order valence-electron chi connectivity index (χ1n) is 6.80. The number of aromatic hydroxyl groups is 1. The summed E-state index contributed by atoms with van der Waals surface area (Å²) in [5, 5.41) is 13.3. The van der Waals surface area contributed by atoms with Crippen LogP contribution in [0, 0.1) is 11.3 Å². The quantitative estimate of drug-likeness (QED) is 0.812. The maximum absolute atomic E-state index is 9.80. The Kier molecular flexibility index (Phi) is 2.94. The number of methoxy groups -OCH3 is 1. The fourth-order valence-corrected chi connectivity index (χ4v) is 2.86. The summed E-state index contributed by atoms with van der Waals surface area (Å²) in [5.74, 6) is 2.12. The van der Waals surface area contributed by atoms with Crippen LogP contribution in [0.5, 0.6) is 11.5 Å². The normalized spacial score (nSPS) is 20.7. The standard InChI is InChI=1S/C15H21NO2/c1-18-13-4-5-14(17)11(8-13)9-16-10-15(6-7-15)12-2-3-12/h4-5,8,12,16-17H,2-3,6-7,9-10H2,1H3. The molecule has 2 aliphatic carbocycles. The molecule has 0 spiro atoms. The molecule has 2 saturated carbocycles. The molecule has 98 valence electrons. The molecule has 0 amide bonds. The first-order valence-corrected chi connectivity index (χ1v) is 6.80. The molecule has 3 rings (SSSR count). The van der Waals surface area contributed by atoms with E-state index in [1.165, 1.54) is 25.7 Å². The summed E-state index contributed by atoms with van der Waals surface area (Å²) in [4.78, 5) is 0. The van der Waals surface area contributed by atoms with Crippen molar-refractivity contribution in [2.75, 3.05) is 13.7 Å². The number of phenolic OH excluding ortho intramolecular Hbond substituents is 1. The minimum Gasteiger partial charge on any atom is -0.508 e. The molecule has 0 unspecified atom stereocenters. The van der Waals surface area contributed by atoms with Crippen LogP contribution in [-0.2, 0) is 6.54 Å². The highest BCUT2D eigenvalue weighted by Gasteiger charge is 2.53. The summed E-state index contributed by atoms with van der Waals surface area (Å²) in [6.07, 6.45) is 5.61. The van der Waals surface area contributed by atoms with Gasteiger partial charge in [-0.3, -0.25) is 0 Å². The van der Waals surface area contributed by atoms with Crippen LogP contribution in [0.2, 0.25) is 0 Å². The number of rotatable bonds is 6. The predicted molar refractivity (Wildman–Crippen MR) is 70.8 cm³/mol. The van der Waals surface area contributed by atoms with E-state index in [0.29, 0.717) is 11.2 Å². The molecule has 18 heavy (non-hydrogen) atoms. The van der Waals surface area contributed by atoms with Gasteiger partial charge in [0, 0.05) is 18.7 Å². The zero-order valence-corrected chi connectivity index (χ0v) is 10.9. The SMILES string of the molecule is COc1ccc(O)c(CNCC2(C3CC3)CC2)c1. The fourth-order valence-electron chi connectivity index (χ4n) is 2.86. The van der Waals surface area contributed by atoms with Gasteiger partial charge in [0.1, 0.15) is 11.5 Å². The lowest BCUT2D eigenvalue weighted by Gasteiger charge is -2.15. The van der Waals surface area contributed by atoms with Crippen LogP contribution in [0.1, 0.15) is 31.2 Å². The summed E-state index contributed by atoms with van der Waals surface area (Å²) in [6.45, 7) is 1.81. The summed E-state index contributed by atoms with van der Waals surface area (Å²) >= 11 is 0. The Bertz CT molecular complexity index is 436. The van der Waals surface area contributed by atoms with Gasteiger partial charge in [0.05, 0.1) is 7.11 Å². The van der Waals surface area contributed by atoms with E-state index in [9.17, 15) is 5.11 Å². The van der Waals surface area contributed by atoms with Gasteiger partial charge in [-0.2, -0.15) is 0 Å². The minimum atomic E-state index is 0.347. The molecule has 0 aliphatic heterocycles. The fraction of sp³-hybridized carbons (Fsp3) is 0.600. The molecule has 3 heteroatoms. The van der Waals surface area contributed by atoms with Gasteiger partial charge in [-0.05, 0) is 55.2 Å². The molecule has 2 N–H and O–H groups in total. The van der Waals surface area contributed by atoms with Gasteiger partial charge in [-0.25, -0.2) is 0 Å². The zero-order valence-electron chi connectivity index (χ0n) is 10.9. The van der Waals surface area contributed by atoms with E-state index in [-0.39, 0.29) is 0 Å². The third-order valence-corrected chi connectivity index (χ3v) is 4.41. The smallest absolute Gasteiger partial charge is 0.120 e. The van der Waals surface area contributed by atoms with Gasteiger partial charge in [-0.15, -0.1) is 0 Å². The summed E-state index contributed by atoms with van der Waals surface area (Å²) in [5.41, 5.74) is 1.52. The van der Waals surface area contributed by atoms with Crippen molar-refractivity contribution in [3.05, 3.63) is 23.8 Å². The van der Waals surface area contributed by atoms with Crippen LogP contribution >= 0.6 is 0 Å². The van der Waals surface area contributed by atoms with Crippen LogP contribution in [0.25, 0.3) is 0 Å². The monoisotopic (exact) mass is 247 g/mol. The first-order chi connectivity index (χ1) is 8.73. The minimum absolute atomic E-state index is 0.347. The maximum atomic E-state index is 9.80. The van der Waals surface area contributed by atoms with Crippen LogP contribution < -0.4 is 10.1 Å². The van der Waals surface area contributed by atoms with Crippen LogP contribution in [-0.4, -0.2) is 18.8 Å². The largest absolute Gasteiger partial charge is 0.508 e.